The summed E-state index contributed by atoms with van der Waals surface area (Å²) in [7, 11) is 0. The van der Waals surface area contributed by atoms with Crippen LogP contribution in [-0.2, 0) is 22.5 Å². The van der Waals surface area contributed by atoms with E-state index in [2.05, 4.69) is 40.6 Å². The van der Waals surface area contributed by atoms with E-state index in [4.69, 9.17) is 4.74 Å². The molecule has 6 nitrogen and oxygen atoms in total. The van der Waals surface area contributed by atoms with E-state index in [1.54, 1.807) is 0 Å². The number of nitrogens with one attached hydrogen (secondary N) is 1. The molecule has 0 spiro atoms. The molecule has 0 radical (unpaired) electrons. The van der Waals surface area contributed by atoms with Crippen LogP contribution in [0.15, 0.2) is 30.5 Å². The Hall–Kier alpha value is -2.25. The molecular formula is C18H20N4O2S. The summed E-state index contributed by atoms with van der Waals surface area (Å²) in [5.41, 5.74) is 2.36. The van der Waals surface area contributed by atoms with Crippen molar-refractivity contribution >= 4 is 33.3 Å². The van der Waals surface area contributed by atoms with Gasteiger partial charge in [0.2, 0.25) is 11.0 Å². The summed E-state index contributed by atoms with van der Waals surface area (Å²) in [4.78, 5) is 12.4. The number of hydrogen-bond donors (Lipinski definition) is 1. The van der Waals surface area contributed by atoms with Crippen LogP contribution >= 0.6 is 11.3 Å². The first kappa shape index (κ1) is 16.2. The smallest absolute Gasteiger partial charge is 0.246 e. The molecule has 3 aromatic rings. The van der Waals surface area contributed by atoms with E-state index >= 15 is 0 Å². The van der Waals surface area contributed by atoms with E-state index in [0.29, 0.717) is 5.13 Å². The van der Waals surface area contributed by atoms with Gasteiger partial charge in [0.15, 0.2) is 0 Å². The molecule has 1 unspecified atom stereocenters. The lowest BCUT2D eigenvalue weighted by molar-refractivity contribution is -0.116. The van der Waals surface area contributed by atoms with E-state index in [0.717, 1.165) is 41.8 Å². The van der Waals surface area contributed by atoms with Crippen molar-refractivity contribution in [2.75, 3.05) is 11.9 Å². The number of anilines is 1. The van der Waals surface area contributed by atoms with Gasteiger partial charge in [-0.25, -0.2) is 0 Å². The summed E-state index contributed by atoms with van der Waals surface area (Å²) in [6.45, 7) is 3.16. The van der Waals surface area contributed by atoms with Crippen LogP contribution in [0.2, 0.25) is 0 Å². The number of ether oxygens (including phenoxy) is 1. The van der Waals surface area contributed by atoms with Crippen LogP contribution in [-0.4, -0.2) is 27.3 Å². The van der Waals surface area contributed by atoms with Gasteiger partial charge >= 0.3 is 0 Å². The van der Waals surface area contributed by atoms with Crippen LogP contribution in [0.4, 0.5) is 5.13 Å². The molecule has 1 atom stereocenters. The summed E-state index contributed by atoms with van der Waals surface area (Å²) in [5.74, 6) is -0.105. The minimum Gasteiger partial charge on any atom is -0.371 e. The molecule has 7 heteroatoms. The number of benzene rings is 1. The van der Waals surface area contributed by atoms with Crippen LogP contribution < -0.4 is 5.32 Å². The molecule has 1 amide bonds. The maximum atomic E-state index is 12.4. The van der Waals surface area contributed by atoms with Crippen LogP contribution in [0.3, 0.4) is 0 Å². The second kappa shape index (κ2) is 6.93. The number of fused-ring (bicyclic) bond motifs is 1. The summed E-state index contributed by atoms with van der Waals surface area (Å²) in [6.07, 6.45) is 5.00. The van der Waals surface area contributed by atoms with E-state index in [9.17, 15) is 4.79 Å². The Bertz CT molecular complexity index is 896. The monoisotopic (exact) mass is 356 g/mol. The van der Waals surface area contributed by atoms with Gasteiger partial charge in [0.1, 0.15) is 17.7 Å². The first-order chi connectivity index (χ1) is 12.2. The zero-order chi connectivity index (χ0) is 17.2. The minimum absolute atomic E-state index is 0.0318. The topological polar surface area (TPSA) is 69.0 Å². The van der Waals surface area contributed by atoms with Gasteiger partial charge in [0, 0.05) is 18.3 Å². The maximum Gasteiger partial charge on any atom is 0.246 e. The molecule has 1 aromatic carbocycles. The molecule has 1 saturated heterocycles. The highest BCUT2D eigenvalue weighted by Gasteiger charge is 2.22. The first-order valence-electron chi connectivity index (χ1n) is 8.55. The van der Waals surface area contributed by atoms with Crippen LogP contribution in [0.1, 0.15) is 36.4 Å². The molecule has 3 heterocycles. The van der Waals surface area contributed by atoms with Gasteiger partial charge in [-0.1, -0.05) is 24.3 Å². The average Bonchev–Trinajstić information content (AvgIpc) is 3.35. The number of rotatable bonds is 5. The lowest BCUT2D eigenvalue weighted by Crippen LogP contribution is -2.18. The molecule has 0 aliphatic carbocycles. The molecule has 0 saturated carbocycles. The van der Waals surface area contributed by atoms with Gasteiger partial charge in [0.05, 0.1) is 0 Å². The highest BCUT2D eigenvalue weighted by atomic mass is 32.1. The van der Waals surface area contributed by atoms with Gasteiger partial charge in [0.25, 0.3) is 0 Å². The van der Waals surface area contributed by atoms with Crippen molar-refractivity contribution in [3.05, 3.63) is 41.0 Å². The second-order valence-electron chi connectivity index (χ2n) is 6.19. The summed E-state index contributed by atoms with van der Waals surface area (Å²) < 4.78 is 7.55. The Morgan fingerprint density at radius 1 is 1.40 bits per heavy atom. The lowest BCUT2D eigenvalue weighted by atomic mass is 10.1. The Balaban J connectivity index is 1.43. The quantitative estimate of drug-likeness (QED) is 0.759. The molecule has 25 heavy (non-hydrogen) atoms. The van der Waals surface area contributed by atoms with Crippen molar-refractivity contribution in [1.29, 1.82) is 0 Å². The standard InChI is InChI=1S/C18H20N4O2S/c1-2-12-5-6-14-13(10-12)7-8-22(14)11-16(23)19-18-21-20-17(25-18)15-4-3-9-24-15/h5-8,10,15H,2-4,9,11H2,1H3,(H,19,21,23). The molecule has 130 valence electrons. The number of aryl methyl sites for hydroxylation is 1. The van der Waals surface area contributed by atoms with Crippen molar-refractivity contribution in [2.24, 2.45) is 0 Å². The minimum atomic E-state index is -0.105. The van der Waals surface area contributed by atoms with Crippen LogP contribution in [0.5, 0.6) is 0 Å². The van der Waals surface area contributed by atoms with Gasteiger partial charge < -0.3 is 9.30 Å². The van der Waals surface area contributed by atoms with Gasteiger partial charge in [-0.2, -0.15) is 0 Å². The predicted octanol–water partition coefficient (Wildman–Crippen LogP) is 3.55. The Morgan fingerprint density at radius 3 is 3.12 bits per heavy atom. The van der Waals surface area contributed by atoms with Gasteiger partial charge in [-0.3, -0.25) is 10.1 Å². The maximum absolute atomic E-state index is 12.4. The van der Waals surface area contributed by atoms with Gasteiger partial charge in [-0.05, 0) is 48.4 Å². The first-order valence-corrected chi connectivity index (χ1v) is 9.37. The number of hydrogen-bond acceptors (Lipinski definition) is 5. The molecular weight excluding hydrogens is 336 g/mol. The zero-order valence-corrected chi connectivity index (χ0v) is 14.9. The highest BCUT2D eigenvalue weighted by Crippen LogP contribution is 2.31. The van der Waals surface area contributed by atoms with Crippen LogP contribution in [0, 0.1) is 0 Å². The fourth-order valence-corrected chi connectivity index (χ4v) is 3.95. The van der Waals surface area contributed by atoms with E-state index < -0.39 is 0 Å². The summed E-state index contributed by atoms with van der Waals surface area (Å²) >= 11 is 1.39. The van der Waals surface area contributed by atoms with Crippen molar-refractivity contribution in [3.8, 4) is 0 Å². The summed E-state index contributed by atoms with van der Waals surface area (Å²) in [6, 6.07) is 8.39. The Kier molecular flexibility index (Phi) is 4.50. The SMILES string of the molecule is CCc1ccc2c(ccn2CC(=O)Nc2nnc(C3CCCO3)s2)c1. The highest BCUT2D eigenvalue weighted by molar-refractivity contribution is 7.15. The third-order valence-corrected chi connectivity index (χ3v) is 5.38. The molecule has 1 aliphatic rings. The van der Waals surface area contributed by atoms with Crippen molar-refractivity contribution < 1.29 is 9.53 Å². The lowest BCUT2D eigenvalue weighted by Gasteiger charge is -2.06. The van der Waals surface area contributed by atoms with Crippen molar-refractivity contribution in [2.45, 2.75) is 38.8 Å². The molecule has 2 aromatic heterocycles. The van der Waals surface area contributed by atoms with Crippen molar-refractivity contribution in [3.63, 3.8) is 0 Å². The zero-order valence-electron chi connectivity index (χ0n) is 14.1. The number of nitrogens with zero attached hydrogens (tertiary/aromatic N) is 3. The van der Waals surface area contributed by atoms with Crippen molar-refractivity contribution in [1.82, 2.24) is 14.8 Å². The normalized spacial score (nSPS) is 17.2. The number of aromatic nitrogens is 3. The number of carbonyl (C=O) groups is 1. The second-order valence-corrected chi connectivity index (χ2v) is 7.19. The largest absolute Gasteiger partial charge is 0.371 e. The average molecular weight is 356 g/mol. The van der Waals surface area contributed by atoms with E-state index in [-0.39, 0.29) is 18.6 Å². The van der Waals surface area contributed by atoms with E-state index in [1.165, 1.54) is 16.9 Å². The molecule has 4 rings (SSSR count). The van der Waals surface area contributed by atoms with Gasteiger partial charge in [-0.15, -0.1) is 10.2 Å². The Morgan fingerprint density at radius 2 is 2.32 bits per heavy atom. The summed E-state index contributed by atoms with van der Waals surface area (Å²) in [5, 5.41) is 13.6. The third-order valence-electron chi connectivity index (χ3n) is 4.45. The predicted molar refractivity (Wildman–Crippen MR) is 97.8 cm³/mol. The molecule has 1 fully saturated rings. The molecule has 1 aliphatic heterocycles. The number of amides is 1. The number of carbonyl (C=O) groups excluding carboxylic acids is 1. The third kappa shape index (κ3) is 3.43. The van der Waals surface area contributed by atoms with Crippen LogP contribution in [0.25, 0.3) is 10.9 Å². The fourth-order valence-electron chi connectivity index (χ4n) is 3.11. The fraction of sp³-hybridized carbons (Fsp3) is 0.389. The van der Waals surface area contributed by atoms with E-state index in [1.807, 2.05) is 16.8 Å². The molecule has 1 N–H and O–H groups in total. The molecule has 0 bridgehead atoms. The Labute approximate surface area is 149 Å².